The number of nitrogens with two attached hydrogens (primary N) is 1. The molecule has 4 aliphatic rings. The number of nitrogens with one attached hydrogen (secondary N) is 8. The van der Waals surface area contributed by atoms with Crippen LogP contribution in [0.15, 0.2) is 42.1 Å². The molecule has 16 N–H and O–H groups in total. The summed E-state index contributed by atoms with van der Waals surface area (Å²) in [7, 11) is 0. The molecule has 0 spiro atoms. The molecule has 4 saturated heterocycles. The number of primary amides is 1. The number of carbonyl (C=O) groups excluding carboxylic acids is 12. The van der Waals surface area contributed by atoms with Crippen LogP contribution < -0.4 is 48.3 Å². The van der Waals surface area contributed by atoms with E-state index in [-0.39, 0.29) is 70.5 Å². The molecule has 30 heteroatoms. The first kappa shape index (κ1) is 74.1. The summed E-state index contributed by atoms with van der Waals surface area (Å²) in [6.07, 6.45) is -7.72. The van der Waals surface area contributed by atoms with Gasteiger partial charge in [-0.15, -0.1) is 0 Å². The third-order valence-corrected chi connectivity index (χ3v) is 17.1. The fraction of sp³-hybridized carbons (Fsp3) is 0.672. The Morgan fingerprint density at radius 1 is 0.637 bits per heavy atom. The quantitative estimate of drug-likeness (QED) is 0.0655. The highest BCUT2D eigenvalue weighted by Gasteiger charge is 2.45. The molecular formula is C61H94N12O18. The molecule has 0 radical (unpaired) electrons. The van der Waals surface area contributed by atoms with Gasteiger partial charge in [0.15, 0.2) is 6.10 Å². The van der Waals surface area contributed by atoms with E-state index < -0.39 is 206 Å². The smallest absolute Gasteiger partial charge is 0.268 e. The van der Waals surface area contributed by atoms with E-state index in [4.69, 9.17) is 5.73 Å². The summed E-state index contributed by atoms with van der Waals surface area (Å²) in [6, 6.07) is -4.63. The average Bonchev–Trinajstić information content (AvgIpc) is 1.79. The highest BCUT2D eigenvalue weighted by Crippen LogP contribution is 2.27. The first-order valence-electron chi connectivity index (χ1n) is 31.4. The first-order valence-corrected chi connectivity index (χ1v) is 31.4. The van der Waals surface area contributed by atoms with Crippen LogP contribution in [-0.2, 0) is 64.0 Å². The number of carbonyl (C=O) groups is 12. The van der Waals surface area contributed by atoms with Crippen LogP contribution in [0, 0.1) is 11.8 Å². The van der Waals surface area contributed by atoms with Gasteiger partial charge in [0.1, 0.15) is 54.0 Å². The van der Waals surface area contributed by atoms with Crippen molar-refractivity contribution in [2.45, 2.75) is 216 Å². The SMILES string of the molecule is C/C=C1/NC(=O)[C@H](CO)NC(=O)[C@@H]([C@@H](C)CC)NC(=O)[C@@H]2CCCN2C(=O)[C@@H]2CCCN2C(=O)CNC(=O)[C@@H](CCC(N)=O)NC(=O)[C@H](O)[C@@H](C[C@H](O)C[C@H](O)[C@@H](O)CC(C)C)NC(=O)[C@@H]2CCCN2C(=O)[C@@H](CCc2ccccc2)NC(=O)[C@H]([C@@H](C)O)NC1=O. The van der Waals surface area contributed by atoms with Crippen molar-refractivity contribution in [2.24, 2.45) is 17.6 Å². The van der Waals surface area contributed by atoms with E-state index in [2.05, 4.69) is 42.5 Å². The molecule has 91 heavy (non-hydrogen) atoms. The van der Waals surface area contributed by atoms with Gasteiger partial charge in [0.05, 0.1) is 43.6 Å². The Morgan fingerprint density at radius 2 is 1.20 bits per heavy atom. The van der Waals surface area contributed by atoms with Gasteiger partial charge < -0.3 is 93.6 Å². The zero-order valence-corrected chi connectivity index (χ0v) is 52.6. The van der Waals surface area contributed by atoms with Crippen molar-refractivity contribution < 1.29 is 88.2 Å². The maximum absolute atomic E-state index is 14.9. The Morgan fingerprint density at radius 3 is 1.78 bits per heavy atom. The van der Waals surface area contributed by atoms with Crippen molar-refractivity contribution in [3.63, 3.8) is 0 Å². The third kappa shape index (κ3) is 20.9. The van der Waals surface area contributed by atoms with Crippen LogP contribution in [-0.4, -0.2) is 234 Å². The summed E-state index contributed by atoms with van der Waals surface area (Å²) in [5.41, 5.74) is 5.67. The fourth-order valence-electron chi connectivity index (χ4n) is 11.7. The number of nitrogens with zero attached hydrogens (tertiary/aromatic N) is 3. The molecule has 12 amide bonds. The van der Waals surface area contributed by atoms with Crippen molar-refractivity contribution in [3.8, 4) is 0 Å². The van der Waals surface area contributed by atoms with Crippen LogP contribution >= 0.6 is 0 Å². The lowest BCUT2D eigenvalue weighted by molar-refractivity contribution is -0.147. The summed E-state index contributed by atoms with van der Waals surface area (Å²) >= 11 is 0. The molecule has 0 unspecified atom stereocenters. The van der Waals surface area contributed by atoms with Crippen molar-refractivity contribution >= 4 is 70.9 Å². The van der Waals surface area contributed by atoms with Gasteiger partial charge >= 0.3 is 0 Å². The minimum Gasteiger partial charge on any atom is -0.394 e. The Bertz CT molecular complexity index is 2770. The summed E-state index contributed by atoms with van der Waals surface area (Å²) in [6.45, 7) is 7.81. The van der Waals surface area contributed by atoms with Gasteiger partial charge in [-0.05, 0) is 102 Å². The number of allylic oxidation sites excluding steroid dienone is 1. The van der Waals surface area contributed by atoms with Crippen LogP contribution in [0.4, 0.5) is 0 Å². The monoisotopic (exact) mass is 1280 g/mol. The zero-order chi connectivity index (χ0) is 67.4. The minimum absolute atomic E-state index is 0.00613. The van der Waals surface area contributed by atoms with Gasteiger partial charge in [0.25, 0.3) is 11.8 Å². The second-order valence-corrected chi connectivity index (χ2v) is 24.4. The normalized spacial score (nSPS) is 28.4. The highest BCUT2D eigenvalue weighted by molar-refractivity contribution is 6.03. The number of aliphatic hydroxyl groups excluding tert-OH is 6. The predicted molar refractivity (Wildman–Crippen MR) is 325 cm³/mol. The summed E-state index contributed by atoms with van der Waals surface area (Å²) < 4.78 is 0. The Kier molecular flexibility index (Phi) is 28.7. The van der Waals surface area contributed by atoms with Crippen LogP contribution in [0.3, 0.4) is 0 Å². The summed E-state index contributed by atoms with van der Waals surface area (Å²) in [4.78, 5) is 172. The topological polar surface area (TPSA) is 458 Å². The maximum atomic E-state index is 14.9. The third-order valence-electron chi connectivity index (χ3n) is 17.1. The van der Waals surface area contributed by atoms with E-state index in [1.54, 1.807) is 58.0 Å². The molecule has 30 nitrogen and oxygen atoms in total. The van der Waals surface area contributed by atoms with E-state index in [1.165, 1.54) is 23.6 Å². The van der Waals surface area contributed by atoms with Crippen LogP contribution in [0.1, 0.15) is 131 Å². The van der Waals surface area contributed by atoms with Crippen molar-refractivity contribution in [1.29, 1.82) is 0 Å². The fourth-order valence-corrected chi connectivity index (χ4v) is 11.7. The number of aliphatic hydroxyl groups is 6. The van der Waals surface area contributed by atoms with Crippen molar-refractivity contribution in [2.75, 3.05) is 32.8 Å². The average molecular weight is 1280 g/mol. The van der Waals surface area contributed by atoms with Crippen molar-refractivity contribution in [3.05, 3.63) is 47.7 Å². The number of amides is 12. The molecule has 4 aliphatic heterocycles. The molecule has 0 aliphatic carbocycles. The molecule has 1 aromatic rings. The molecule has 506 valence electrons. The number of hydrogen-bond acceptors (Lipinski definition) is 18. The number of hydrogen-bond donors (Lipinski definition) is 15. The maximum Gasteiger partial charge on any atom is 0.268 e. The molecule has 15 atom stereocenters. The van der Waals surface area contributed by atoms with Gasteiger partial charge in [-0.25, -0.2) is 0 Å². The van der Waals surface area contributed by atoms with Gasteiger partial charge in [-0.3, -0.25) is 57.5 Å². The standard InChI is InChI=1S/C61H94N12O18/c1-7-33(5)49-57(87)68-41(31-74)54(84)64-37(8-2)53(83)70-50(34(6)75)58(88)66-39(21-20-35-15-10-9-11-16-35)60(90)72-25-12-17-42(72)55(85)67-40(28-36(76)29-46(78)45(77)27-32(3)4)51(81)59(89)65-38(22-23-47(62)79)52(82)63-30-48(80)71-24-14-19-44(71)61(91)73-26-13-18-43(73)56(86)69-49/h8-11,15-16,32-34,36,38-46,49-51,74-78,81H,7,12-14,17-31H2,1-6H3,(H2,62,79)(H,63,82)(H,64,84)(H,65,89)(H,66,88)(H,67,85)(H,68,87)(H,69,86)(H,70,83)/b37-8+/t33-,34+,36-,38+,39+,40+,41-,42-,43-,44-,45-,46-,49+,50-,51+/m0/s1. The Balaban J connectivity index is 1.54. The van der Waals surface area contributed by atoms with Gasteiger partial charge in [0, 0.05) is 32.5 Å². The Hall–Kier alpha value is -7.64. The molecule has 1 aromatic carbocycles. The minimum atomic E-state index is -2.33. The van der Waals surface area contributed by atoms with Gasteiger partial charge in [-0.2, -0.15) is 0 Å². The van der Waals surface area contributed by atoms with E-state index in [0.29, 0.717) is 19.3 Å². The molecule has 4 heterocycles. The molecule has 0 bridgehead atoms. The second-order valence-electron chi connectivity index (χ2n) is 24.4. The summed E-state index contributed by atoms with van der Waals surface area (Å²) in [5.74, 6) is -12.0. The number of benzene rings is 1. The molecule has 5 rings (SSSR count). The van der Waals surface area contributed by atoms with E-state index in [0.717, 1.165) is 16.5 Å². The van der Waals surface area contributed by atoms with Crippen molar-refractivity contribution in [1.82, 2.24) is 57.2 Å². The number of rotatable bonds is 17. The Labute approximate surface area is 529 Å². The van der Waals surface area contributed by atoms with E-state index in [9.17, 15) is 88.2 Å². The molecule has 0 aromatic heterocycles. The van der Waals surface area contributed by atoms with E-state index >= 15 is 0 Å². The van der Waals surface area contributed by atoms with Crippen LogP contribution in [0.2, 0.25) is 0 Å². The van der Waals surface area contributed by atoms with Gasteiger partial charge in [-0.1, -0.05) is 70.5 Å². The molecule has 0 saturated carbocycles. The molecular weight excluding hydrogens is 1190 g/mol. The number of fused-ring (bicyclic) bond motifs is 3. The zero-order valence-electron chi connectivity index (χ0n) is 52.6. The van der Waals surface area contributed by atoms with E-state index in [1.807, 2.05) is 0 Å². The lowest BCUT2D eigenvalue weighted by Gasteiger charge is -2.33. The van der Waals surface area contributed by atoms with Crippen LogP contribution in [0.25, 0.3) is 0 Å². The largest absolute Gasteiger partial charge is 0.394 e. The lowest BCUT2D eigenvalue weighted by Crippen LogP contribution is -2.61. The van der Waals surface area contributed by atoms with Crippen LogP contribution in [0.5, 0.6) is 0 Å². The lowest BCUT2D eigenvalue weighted by atomic mass is 9.94. The predicted octanol–water partition coefficient (Wildman–Crippen LogP) is -4.39. The summed E-state index contributed by atoms with van der Waals surface area (Å²) in [5, 5.41) is 85.9. The first-order chi connectivity index (χ1) is 43.1. The second kappa shape index (κ2) is 35.3. The highest BCUT2D eigenvalue weighted by atomic mass is 16.3. The van der Waals surface area contributed by atoms with Gasteiger partial charge in [0.2, 0.25) is 59.1 Å². The number of aryl methyl sites for hydroxylation is 1. The molecule has 4 fully saturated rings.